The van der Waals surface area contributed by atoms with Gasteiger partial charge in [-0.2, -0.15) is 0 Å². The number of rotatable bonds is 4. The van der Waals surface area contributed by atoms with Gasteiger partial charge in [-0.25, -0.2) is 0 Å². The van der Waals surface area contributed by atoms with E-state index in [2.05, 4.69) is 180 Å². The molecule has 0 unspecified atom stereocenters. The average Bonchev–Trinajstić information content (AvgIpc) is 3.46. The first-order valence-electron chi connectivity index (χ1n) is 15.5. The molecule has 0 bridgehead atoms. The summed E-state index contributed by atoms with van der Waals surface area (Å²) in [6.07, 6.45) is 0. The van der Waals surface area contributed by atoms with Crippen molar-refractivity contribution in [2.75, 3.05) is 0 Å². The number of fused-ring (bicyclic) bond motifs is 5. The van der Waals surface area contributed by atoms with Gasteiger partial charge in [0.05, 0.1) is 11.0 Å². The third-order valence-electron chi connectivity index (χ3n) is 9.17. The van der Waals surface area contributed by atoms with E-state index < -0.39 is 0 Å². The van der Waals surface area contributed by atoms with Gasteiger partial charge >= 0.3 is 0 Å². The van der Waals surface area contributed by atoms with E-state index in [0.717, 1.165) is 0 Å². The van der Waals surface area contributed by atoms with Gasteiger partial charge in [-0.1, -0.05) is 146 Å². The van der Waals surface area contributed by atoms with Crippen molar-refractivity contribution in [2.24, 2.45) is 0 Å². The molecule has 0 radical (unpaired) electrons. The molecule has 8 aromatic carbocycles. The first-order chi connectivity index (χ1) is 22.4. The molecule has 1 nitrogen and oxygen atoms in total. The van der Waals surface area contributed by atoms with Crippen molar-refractivity contribution in [1.82, 2.24) is 4.57 Å². The fourth-order valence-corrected chi connectivity index (χ4v) is 7.31. The second-order valence-electron chi connectivity index (χ2n) is 11.7. The van der Waals surface area contributed by atoms with E-state index in [-0.39, 0.29) is 0 Å². The highest BCUT2D eigenvalue weighted by molar-refractivity contribution is 6.22. The summed E-state index contributed by atoms with van der Waals surface area (Å²) in [5.41, 5.74) is 11.1. The lowest BCUT2D eigenvalue weighted by Gasteiger charge is -2.18. The number of nitrogens with zero attached hydrogens (tertiary/aromatic N) is 1. The normalized spacial score (nSPS) is 11.6. The summed E-state index contributed by atoms with van der Waals surface area (Å²) in [4.78, 5) is 0. The zero-order chi connectivity index (χ0) is 29.7. The summed E-state index contributed by atoms with van der Waals surface area (Å²) >= 11 is 0. The molecule has 210 valence electrons. The maximum Gasteiger partial charge on any atom is 0.0547 e. The third-order valence-corrected chi connectivity index (χ3v) is 9.17. The van der Waals surface area contributed by atoms with E-state index in [1.807, 2.05) is 0 Å². The molecule has 0 saturated carbocycles. The molecule has 0 spiro atoms. The quantitative estimate of drug-likeness (QED) is 0.185. The van der Waals surface area contributed by atoms with Crippen LogP contribution in [0.1, 0.15) is 0 Å². The maximum atomic E-state index is 2.39. The zero-order valence-corrected chi connectivity index (χ0v) is 24.7. The summed E-state index contributed by atoms with van der Waals surface area (Å²) in [5.74, 6) is 0. The van der Waals surface area contributed by atoms with Crippen LogP contribution in [0.3, 0.4) is 0 Å². The van der Waals surface area contributed by atoms with Crippen LogP contribution in [0.4, 0.5) is 0 Å². The second kappa shape index (κ2) is 10.4. The van der Waals surface area contributed by atoms with Crippen molar-refractivity contribution < 1.29 is 0 Å². The van der Waals surface area contributed by atoms with Crippen LogP contribution >= 0.6 is 0 Å². The molecule has 9 rings (SSSR count). The molecular weight excluding hydrogens is 542 g/mol. The number of para-hydroxylation sites is 2. The van der Waals surface area contributed by atoms with Gasteiger partial charge in [-0.3, -0.25) is 0 Å². The van der Waals surface area contributed by atoms with Crippen molar-refractivity contribution in [3.63, 3.8) is 0 Å². The monoisotopic (exact) mass is 571 g/mol. The number of aromatic nitrogens is 1. The van der Waals surface area contributed by atoms with Crippen molar-refractivity contribution in [3.05, 3.63) is 176 Å². The lowest BCUT2D eigenvalue weighted by molar-refractivity contribution is 1.18. The van der Waals surface area contributed by atoms with Crippen molar-refractivity contribution in [1.29, 1.82) is 0 Å². The fraction of sp³-hybridized carbons (Fsp3) is 0. The van der Waals surface area contributed by atoms with Gasteiger partial charge in [0.1, 0.15) is 0 Å². The summed E-state index contributed by atoms with van der Waals surface area (Å²) in [5, 5.41) is 7.63. The van der Waals surface area contributed by atoms with Crippen molar-refractivity contribution >= 4 is 43.4 Å². The molecule has 1 aromatic heterocycles. The average molecular weight is 572 g/mol. The summed E-state index contributed by atoms with van der Waals surface area (Å²) in [7, 11) is 0. The zero-order valence-electron chi connectivity index (χ0n) is 24.7. The minimum atomic E-state index is 1.17. The van der Waals surface area contributed by atoms with Crippen LogP contribution < -0.4 is 0 Å². The van der Waals surface area contributed by atoms with Crippen LogP contribution in [-0.2, 0) is 0 Å². The van der Waals surface area contributed by atoms with Crippen LogP contribution in [0, 0.1) is 0 Å². The number of hydrogen-bond donors (Lipinski definition) is 0. The summed E-state index contributed by atoms with van der Waals surface area (Å²) in [6, 6.07) is 63.9. The smallest absolute Gasteiger partial charge is 0.0547 e. The molecule has 0 N–H and O–H groups in total. The third kappa shape index (κ3) is 4.02. The Morgan fingerprint density at radius 3 is 1.44 bits per heavy atom. The van der Waals surface area contributed by atoms with Gasteiger partial charge in [0, 0.05) is 16.5 Å². The van der Waals surface area contributed by atoms with Gasteiger partial charge in [0.25, 0.3) is 0 Å². The molecule has 9 aromatic rings. The minimum Gasteiger partial charge on any atom is -0.309 e. The number of benzene rings is 8. The van der Waals surface area contributed by atoms with E-state index in [0.29, 0.717) is 0 Å². The maximum absolute atomic E-state index is 2.39. The van der Waals surface area contributed by atoms with Gasteiger partial charge in [-0.15, -0.1) is 0 Å². The highest BCUT2D eigenvalue weighted by Crippen LogP contribution is 2.45. The van der Waals surface area contributed by atoms with Crippen LogP contribution in [0.15, 0.2) is 176 Å². The Hall–Kier alpha value is -5.92. The predicted octanol–water partition coefficient (Wildman–Crippen LogP) is 12.1. The molecule has 0 aliphatic heterocycles. The molecule has 0 fully saturated rings. The van der Waals surface area contributed by atoms with E-state index in [4.69, 9.17) is 0 Å². The fourth-order valence-electron chi connectivity index (χ4n) is 7.31. The van der Waals surface area contributed by atoms with Crippen molar-refractivity contribution in [2.45, 2.75) is 0 Å². The standard InChI is InChI=1S/C44H29N/c1-3-15-30(16-4-1)42-35-21-7-9-23-37(35)43(38-24-10-8-22-36(38)42)32-18-13-17-31(29-32)34-26-14-28-41-44(34)39-25-11-12-27-40(39)45(41)33-19-5-2-6-20-33/h1-29H. The lowest BCUT2D eigenvalue weighted by atomic mass is 9.85. The van der Waals surface area contributed by atoms with Crippen LogP contribution in [-0.4, -0.2) is 4.57 Å². The second-order valence-corrected chi connectivity index (χ2v) is 11.7. The first-order valence-corrected chi connectivity index (χ1v) is 15.5. The van der Waals surface area contributed by atoms with Crippen molar-refractivity contribution in [3.8, 4) is 39.1 Å². The Kier molecular flexibility index (Phi) is 5.89. The first kappa shape index (κ1) is 25.6. The highest BCUT2D eigenvalue weighted by atomic mass is 15.0. The topological polar surface area (TPSA) is 4.93 Å². The Labute approximate surface area is 262 Å². The molecular formula is C44H29N. The highest BCUT2D eigenvalue weighted by Gasteiger charge is 2.19. The molecule has 0 atom stereocenters. The summed E-state index contributed by atoms with van der Waals surface area (Å²) in [6.45, 7) is 0. The minimum absolute atomic E-state index is 1.17. The van der Waals surface area contributed by atoms with Gasteiger partial charge in [0.2, 0.25) is 0 Å². The number of hydrogen-bond acceptors (Lipinski definition) is 0. The Morgan fingerprint density at radius 1 is 0.311 bits per heavy atom. The molecule has 0 amide bonds. The van der Waals surface area contributed by atoms with Crippen LogP contribution in [0.2, 0.25) is 0 Å². The van der Waals surface area contributed by atoms with Crippen LogP contribution in [0.5, 0.6) is 0 Å². The molecule has 0 saturated heterocycles. The van der Waals surface area contributed by atoms with Gasteiger partial charge in [-0.05, 0) is 85.3 Å². The largest absolute Gasteiger partial charge is 0.309 e. The molecule has 0 aliphatic rings. The molecule has 0 aliphatic carbocycles. The predicted molar refractivity (Wildman–Crippen MR) is 192 cm³/mol. The Balaban J connectivity index is 1.32. The Bertz CT molecular complexity index is 2460. The van der Waals surface area contributed by atoms with E-state index in [1.165, 1.54) is 82.4 Å². The van der Waals surface area contributed by atoms with Gasteiger partial charge in [0.15, 0.2) is 0 Å². The lowest BCUT2D eigenvalue weighted by Crippen LogP contribution is -1.93. The van der Waals surface area contributed by atoms with E-state index in [1.54, 1.807) is 0 Å². The molecule has 1 heteroatoms. The SMILES string of the molecule is c1ccc(-c2c3ccccc3c(-c3cccc(-c4cccc5c4c4ccccc4n5-c4ccccc4)c3)c3ccccc23)cc1. The molecule has 1 heterocycles. The van der Waals surface area contributed by atoms with Gasteiger partial charge < -0.3 is 4.57 Å². The molecule has 45 heavy (non-hydrogen) atoms. The Morgan fingerprint density at radius 2 is 0.778 bits per heavy atom. The van der Waals surface area contributed by atoms with E-state index >= 15 is 0 Å². The van der Waals surface area contributed by atoms with Crippen LogP contribution in [0.25, 0.3) is 82.4 Å². The van der Waals surface area contributed by atoms with E-state index in [9.17, 15) is 0 Å². The summed E-state index contributed by atoms with van der Waals surface area (Å²) < 4.78 is 2.39.